The smallest absolute Gasteiger partial charge is 0.254 e. The highest BCUT2D eigenvalue weighted by molar-refractivity contribution is 6.07. The number of fused-ring (bicyclic) bond motifs is 1. The van der Waals surface area contributed by atoms with E-state index in [1.54, 1.807) is 0 Å². The first kappa shape index (κ1) is 19.6. The summed E-state index contributed by atoms with van der Waals surface area (Å²) < 4.78 is 1.92. The van der Waals surface area contributed by atoms with Crippen molar-refractivity contribution < 1.29 is 4.79 Å². The second-order valence-corrected chi connectivity index (χ2v) is 8.34. The average Bonchev–Trinajstić information content (AvgIpc) is 3.14. The molecular formula is C23H29N5O. The van der Waals surface area contributed by atoms with E-state index in [9.17, 15) is 4.79 Å². The molecule has 1 amide bonds. The van der Waals surface area contributed by atoms with Gasteiger partial charge in [-0.15, -0.1) is 0 Å². The molecule has 4 rings (SSSR count). The van der Waals surface area contributed by atoms with E-state index in [2.05, 4.69) is 37.8 Å². The minimum Gasteiger partial charge on any atom is -0.335 e. The van der Waals surface area contributed by atoms with Gasteiger partial charge in [0, 0.05) is 42.3 Å². The summed E-state index contributed by atoms with van der Waals surface area (Å²) in [5, 5.41) is 5.35. The van der Waals surface area contributed by atoms with Crippen LogP contribution in [0.3, 0.4) is 0 Å². The highest BCUT2D eigenvalue weighted by atomic mass is 16.2. The summed E-state index contributed by atoms with van der Waals surface area (Å²) in [6, 6.07) is 10.3. The van der Waals surface area contributed by atoms with Crippen molar-refractivity contribution in [3.8, 4) is 11.3 Å². The molecule has 0 bridgehead atoms. The van der Waals surface area contributed by atoms with Gasteiger partial charge in [0.1, 0.15) is 0 Å². The van der Waals surface area contributed by atoms with Crippen molar-refractivity contribution in [3.05, 3.63) is 48.3 Å². The van der Waals surface area contributed by atoms with E-state index in [0.29, 0.717) is 0 Å². The minimum absolute atomic E-state index is 0.0869. The normalized spacial score (nSPS) is 18.4. The molecule has 6 heteroatoms. The monoisotopic (exact) mass is 391 g/mol. The largest absolute Gasteiger partial charge is 0.335 e. The van der Waals surface area contributed by atoms with E-state index in [1.807, 2.05) is 52.3 Å². The molecule has 152 valence electrons. The molecule has 0 spiro atoms. The van der Waals surface area contributed by atoms with Crippen LogP contribution in [-0.2, 0) is 0 Å². The summed E-state index contributed by atoms with van der Waals surface area (Å²) in [7, 11) is 2.12. The quantitative estimate of drug-likeness (QED) is 0.681. The van der Waals surface area contributed by atoms with Crippen LogP contribution in [0.5, 0.6) is 0 Å². The number of carbonyl (C=O) groups is 1. The van der Waals surface area contributed by atoms with E-state index in [-0.39, 0.29) is 18.0 Å². The van der Waals surface area contributed by atoms with Crippen molar-refractivity contribution in [3.63, 3.8) is 0 Å². The lowest BCUT2D eigenvalue weighted by atomic mass is 10.0. The third-order valence-electron chi connectivity index (χ3n) is 5.68. The van der Waals surface area contributed by atoms with E-state index < -0.39 is 0 Å². The summed E-state index contributed by atoms with van der Waals surface area (Å²) in [5.74, 6) is 0.0869. The van der Waals surface area contributed by atoms with Crippen molar-refractivity contribution in [1.82, 2.24) is 24.6 Å². The maximum absolute atomic E-state index is 13.6. The number of amides is 1. The van der Waals surface area contributed by atoms with Crippen LogP contribution < -0.4 is 0 Å². The first-order valence-electron chi connectivity index (χ1n) is 10.4. The zero-order chi connectivity index (χ0) is 20.5. The van der Waals surface area contributed by atoms with Crippen molar-refractivity contribution in [2.24, 2.45) is 0 Å². The van der Waals surface area contributed by atoms with Crippen molar-refractivity contribution in [2.75, 3.05) is 26.7 Å². The Morgan fingerprint density at radius 1 is 1.21 bits per heavy atom. The van der Waals surface area contributed by atoms with Crippen LogP contribution in [0.1, 0.15) is 43.6 Å². The fourth-order valence-electron chi connectivity index (χ4n) is 4.08. The lowest BCUT2D eigenvalue weighted by Gasteiger charge is -2.28. The molecule has 0 radical (unpaired) electrons. The molecule has 1 fully saturated rings. The molecule has 3 aromatic rings. The SMILES string of the molecule is CC(C)n1cc(-c2cc(C(=O)N3CCCN(C)C[C@@H]3C)c3ccccc3n2)cn1. The van der Waals surface area contributed by atoms with Gasteiger partial charge < -0.3 is 9.80 Å². The number of aromatic nitrogens is 3. The number of para-hydroxylation sites is 1. The first-order chi connectivity index (χ1) is 13.9. The zero-order valence-electron chi connectivity index (χ0n) is 17.7. The van der Waals surface area contributed by atoms with Gasteiger partial charge in [0.25, 0.3) is 5.91 Å². The number of pyridine rings is 1. The maximum atomic E-state index is 13.6. The van der Waals surface area contributed by atoms with Crippen molar-refractivity contribution in [1.29, 1.82) is 0 Å². The summed E-state index contributed by atoms with van der Waals surface area (Å²) in [6.07, 6.45) is 4.82. The van der Waals surface area contributed by atoms with E-state index in [4.69, 9.17) is 4.98 Å². The van der Waals surface area contributed by atoms with Gasteiger partial charge in [-0.25, -0.2) is 4.98 Å². The van der Waals surface area contributed by atoms with E-state index >= 15 is 0 Å². The van der Waals surface area contributed by atoms with Crippen molar-refractivity contribution >= 4 is 16.8 Å². The molecule has 0 N–H and O–H groups in total. The average molecular weight is 392 g/mol. The number of rotatable bonds is 3. The van der Waals surface area contributed by atoms with E-state index in [0.717, 1.165) is 53.8 Å². The molecule has 1 aliphatic rings. The fraction of sp³-hybridized carbons (Fsp3) is 0.435. The first-order valence-corrected chi connectivity index (χ1v) is 10.4. The number of benzene rings is 1. The summed E-state index contributed by atoms with van der Waals surface area (Å²) in [4.78, 5) is 22.8. The number of carbonyl (C=O) groups excluding carboxylic acids is 1. The lowest BCUT2D eigenvalue weighted by Crippen LogP contribution is -2.42. The molecule has 1 saturated heterocycles. The molecule has 0 saturated carbocycles. The highest BCUT2D eigenvalue weighted by Gasteiger charge is 2.26. The van der Waals surface area contributed by atoms with Crippen LogP contribution in [0, 0.1) is 0 Å². The second-order valence-electron chi connectivity index (χ2n) is 8.34. The molecule has 1 atom stereocenters. The Morgan fingerprint density at radius 2 is 2.00 bits per heavy atom. The van der Waals surface area contributed by atoms with Crippen LogP contribution in [0.2, 0.25) is 0 Å². The summed E-state index contributed by atoms with van der Waals surface area (Å²) in [6.45, 7) is 9.01. The molecule has 3 heterocycles. The van der Waals surface area contributed by atoms with Gasteiger partial charge in [0.2, 0.25) is 0 Å². The predicted molar refractivity (Wildman–Crippen MR) is 116 cm³/mol. The van der Waals surface area contributed by atoms with Crippen LogP contribution in [-0.4, -0.2) is 63.2 Å². The van der Waals surface area contributed by atoms with Crippen LogP contribution in [0.15, 0.2) is 42.7 Å². The predicted octanol–water partition coefficient (Wildman–Crippen LogP) is 3.85. The number of hydrogen-bond acceptors (Lipinski definition) is 4. The maximum Gasteiger partial charge on any atom is 0.254 e. The number of nitrogens with zero attached hydrogens (tertiary/aromatic N) is 5. The number of likely N-dealkylation sites (N-methyl/N-ethyl adjacent to an activating group) is 1. The zero-order valence-corrected chi connectivity index (χ0v) is 17.7. The van der Waals surface area contributed by atoms with Crippen LogP contribution >= 0.6 is 0 Å². The van der Waals surface area contributed by atoms with E-state index in [1.165, 1.54) is 0 Å². The Hall–Kier alpha value is -2.73. The van der Waals surface area contributed by atoms with Crippen LogP contribution in [0.25, 0.3) is 22.2 Å². The molecule has 1 aromatic carbocycles. The van der Waals surface area contributed by atoms with Gasteiger partial charge in [0.15, 0.2) is 0 Å². The molecule has 2 aromatic heterocycles. The summed E-state index contributed by atoms with van der Waals surface area (Å²) in [5.41, 5.74) is 3.28. The Bertz CT molecular complexity index is 1030. The van der Waals surface area contributed by atoms with Gasteiger partial charge in [-0.2, -0.15) is 5.10 Å². The molecule has 6 nitrogen and oxygen atoms in total. The van der Waals surface area contributed by atoms with Gasteiger partial charge in [-0.05, 0) is 52.9 Å². The standard InChI is InChI=1S/C23H29N5O/c1-16(2)28-15-18(13-24-28)22-12-20(19-8-5-6-9-21(19)25-22)23(29)27-11-7-10-26(4)14-17(27)3/h5-6,8-9,12-13,15-17H,7,10-11,14H2,1-4H3/t17-/m0/s1. The molecular weight excluding hydrogens is 362 g/mol. The Kier molecular flexibility index (Phi) is 5.37. The van der Waals surface area contributed by atoms with Crippen LogP contribution in [0.4, 0.5) is 0 Å². The second kappa shape index (κ2) is 7.95. The lowest BCUT2D eigenvalue weighted by molar-refractivity contribution is 0.0698. The Labute approximate surface area is 172 Å². The molecule has 1 aliphatic heterocycles. The Morgan fingerprint density at radius 3 is 2.76 bits per heavy atom. The van der Waals surface area contributed by atoms with Gasteiger partial charge in [-0.1, -0.05) is 18.2 Å². The fourth-order valence-corrected chi connectivity index (χ4v) is 4.08. The molecule has 0 unspecified atom stereocenters. The minimum atomic E-state index is 0.0869. The number of hydrogen-bond donors (Lipinski definition) is 0. The third kappa shape index (κ3) is 3.90. The van der Waals surface area contributed by atoms with Crippen molar-refractivity contribution in [2.45, 2.75) is 39.3 Å². The summed E-state index contributed by atoms with van der Waals surface area (Å²) >= 11 is 0. The topological polar surface area (TPSA) is 54.3 Å². The Balaban J connectivity index is 1.79. The molecule has 29 heavy (non-hydrogen) atoms. The highest BCUT2D eigenvalue weighted by Crippen LogP contribution is 2.27. The third-order valence-corrected chi connectivity index (χ3v) is 5.68. The molecule has 0 aliphatic carbocycles. The van der Waals surface area contributed by atoms with Gasteiger partial charge in [-0.3, -0.25) is 9.48 Å². The van der Waals surface area contributed by atoms with Gasteiger partial charge in [0.05, 0.1) is 23.0 Å². The van der Waals surface area contributed by atoms with Gasteiger partial charge >= 0.3 is 0 Å².